The van der Waals surface area contributed by atoms with Gasteiger partial charge in [-0.1, -0.05) is 21.9 Å². The number of aryl methyl sites for hydroxylation is 1. The van der Waals surface area contributed by atoms with E-state index in [0.717, 1.165) is 16.3 Å². The van der Waals surface area contributed by atoms with Gasteiger partial charge >= 0.3 is 0 Å². The molecule has 6 heteroatoms. The second kappa shape index (κ2) is 4.76. The molecule has 0 saturated heterocycles. The highest BCUT2D eigenvalue weighted by atomic mass is 35.5. The molecule has 0 aliphatic carbocycles. The van der Waals surface area contributed by atoms with Gasteiger partial charge in [-0.15, -0.1) is 11.8 Å². The monoisotopic (exact) mass is 255 g/mol. The van der Waals surface area contributed by atoms with Crippen molar-refractivity contribution in [2.45, 2.75) is 17.6 Å². The summed E-state index contributed by atoms with van der Waals surface area (Å²) in [5.41, 5.74) is 7.87. The van der Waals surface area contributed by atoms with Gasteiger partial charge < -0.3 is 5.73 Å². The van der Waals surface area contributed by atoms with Crippen molar-refractivity contribution in [3.8, 4) is 0 Å². The van der Waals surface area contributed by atoms with Crippen LogP contribution in [0.1, 0.15) is 11.4 Å². The molecule has 1 aromatic carbocycles. The van der Waals surface area contributed by atoms with Crippen LogP contribution in [0.5, 0.6) is 0 Å². The van der Waals surface area contributed by atoms with E-state index in [0.29, 0.717) is 16.5 Å². The molecule has 2 rings (SSSR count). The van der Waals surface area contributed by atoms with Crippen LogP contribution in [0.25, 0.3) is 0 Å². The summed E-state index contributed by atoms with van der Waals surface area (Å²) in [5, 5.41) is 8.09. The molecule has 0 aliphatic rings. The highest BCUT2D eigenvalue weighted by molar-refractivity contribution is 7.98. The van der Waals surface area contributed by atoms with E-state index in [2.05, 4.69) is 14.9 Å². The molecule has 4 nitrogen and oxygen atoms in total. The van der Waals surface area contributed by atoms with Crippen LogP contribution in [0.3, 0.4) is 0 Å². The van der Waals surface area contributed by atoms with Crippen molar-refractivity contribution in [2.75, 3.05) is 5.73 Å². The first-order valence-electron chi connectivity index (χ1n) is 4.62. The lowest BCUT2D eigenvalue weighted by Crippen LogP contribution is -1.87. The van der Waals surface area contributed by atoms with Crippen LogP contribution in [-0.2, 0) is 5.75 Å². The Morgan fingerprint density at radius 3 is 2.88 bits per heavy atom. The van der Waals surface area contributed by atoms with E-state index in [1.165, 1.54) is 0 Å². The number of anilines is 1. The van der Waals surface area contributed by atoms with Gasteiger partial charge in [-0.2, -0.15) is 0 Å². The molecule has 0 fully saturated rings. The van der Waals surface area contributed by atoms with E-state index >= 15 is 0 Å². The molecule has 84 valence electrons. The Kier molecular flexibility index (Phi) is 3.36. The molecular weight excluding hydrogens is 246 g/mol. The van der Waals surface area contributed by atoms with Gasteiger partial charge in [0.15, 0.2) is 0 Å². The summed E-state index contributed by atoms with van der Waals surface area (Å²) in [6, 6.07) is 5.55. The zero-order valence-corrected chi connectivity index (χ0v) is 10.2. The highest BCUT2D eigenvalue weighted by Crippen LogP contribution is 2.28. The van der Waals surface area contributed by atoms with Crippen molar-refractivity contribution in [1.82, 2.24) is 10.3 Å². The molecule has 2 aromatic rings. The smallest absolute Gasteiger partial charge is 0.118 e. The summed E-state index contributed by atoms with van der Waals surface area (Å²) in [7, 11) is 0. The zero-order valence-electron chi connectivity index (χ0n) is 8.61. The van der Waals surface area contributed by atoms with E-state index in [4.69, 9.17) is 17.3 Å². The fraction of sp³-hybridized carbons (Fsp3) is 0.200. The Hall–Kier alpha value is -1.20. The Balaban J connectivity index is 2.05. The van der Waals surface area contributed by atoms with Crippen LogP contribution in [0.2, 0.25) is 5.02 Å². The Morgan fingerprint density at radius 2 is 2.25 bits per heavy atom. The molecule has 16 heavy (non-hydrogen) atoms. The Labute approximate surface area is 102 Å². The number of thioether (sulfide) groups is 1. The number of hydrogen-bond donors (Lipinski definition) is 1. The summed E-state index contributed by atoms with van der Waals surface area (Å²) >= 11 is 7.53. The molecule has 0 radical (unpaired) electrons. The summed E-state index contributed by atoms with van der Waals surface area (Å²) in [6.45, 7) is 1.86. The summed E-state index contributed by atoms with van der Waals surface area (Å²) < 4.78 is 4.62. The van der Waals surface area contributed by atoms with Gasteiger partial charge in [-0.05, 0) is 25.1 Å². The third-order valence-electron chi connectivity index (χ3n) is 2.09. The molecular formula is C10H10ClN3OS. The van der Waals surface area contributed by atoms with E-state index in [-0.39, 0.29) is 0 Å². The predicted octanol–water partition coefficient (Wildman–Crippen LogP) is 2.91. The van der Waals surface area contributed by atoms with Crippen LogP contribution in [0, 0.1) is 6.92 Å². The second-order valence-electron chi connectivity index (χ2n) is 3.27. The van der Waals surface area contributed by atoms with Crippen molar-refractivity contribution in [3.63, 3.8) is 0 Å². The fourth-order valence-electron chi connectivity index (χ4n) is 1.13. The van der Waals surface area contributed by atoms with E-state index in [1.54, 1.807) is 17.8 Å². The van der Waals surface area contributed by atoms with Crippen LogP contribution in [0.4, 0.5) is 5.69 Å². The number of halogens is 1. The predicted molar refractivity (Wildman–Crippen MR) is 64.5 cm³/mol. The standard InChI is InChI=1S/C10H10ClN3OS/c1-6-10(14-15-13-6)5-16-7-2-3-9(12)8(11)4-7/h2-4H,5,12H2,1H3. The maximum Gasteiger partial charge on any atom is 0.118 e. The lowest BCUT2D eigenvalue weighted by molar-refractivity contribution is 0.302. The molecule has 0 aliphatic heterocycles. The molecule has 0 saturated carbocycles. The van der Waals surface area contributed by atoms with Crippen LogP contribution < -0.4 is 5.73 Å². The normalized spacial score (nSPS) is 10.6. The van der Waals surface area contributed by atoms with Gasteiger partial charge in [-0.25, -0.2) is 4.63 Å². The first-order chi connectivity index (χ1) is 7.66. The van der Waals surface area contributed by atoms with Crippen molar-refractivity contribution >= 4 is 29.1 Å². The number of benzene rings is 1. The third-order valence-corrected chi connectivity index (χ3v) is 3.43. The number of hydrogen-bond acceptors (Lipinski definition) is 5. The number of nitrogens with zero attached hydrogens (tertiary/aromatic N) is 2. The average molecular weight is 256 g/mol. The first-order valence-corrected chi connectivity index (χ1v) is 5.99. The number of rotatable bonds is 3. The Bertz CT molecular complexity index is 501. The lowest BCUT2D eigenvalue weighted by Gasteiger charge is -2.02. The molecule has 0 bridgehead atoms. The van der Waals surface area contributed by atoms with Gasteiger partial charge in [-0.3, -0.25) is 0 Å². The SMILES string of the molecule is Cc1nonc1CSc1ccc(N)c(Cl)c1. The number of nitrogen functional groups attached to an aromatic ring is 1. The number of nitrogens with two attached hydrogens (primary N) is 1. The van der Waals surface area contributed by atoms with Gasteiger partial charge in [0.25, 0.3) is 0 Å². The van der Waals surface area contributed by atoms with Crippen molar-refractivity contribution < 1.29 is 4.63 Å². The molecule has 2 N–H and O–H groups in total. The minimum Gasteiger partial charge on any atom is -0.398 e. The zero-order chi connectivity index (χ0) is 11.5. The Morgan fingerprint density at radius 1 is 1.44 bits per heavy atom. The van der Waals surface area contributed by atoms with Gasteiger partial charge in [0.2, 0.25) is 0 Å². The van der Waals surface area contributed by atoms with Crippen molar-refractivity contribution in [2.24, 2.45) is 0 Å². The van der Waals surface area contributed by atoms with E-state index < -0.39 is 0 Å². The van der Waals surface area contributed by atoms with Gasteiger partial charge in [0.05, 0.1) is 10.7 Å². The maximum atomic E-state index is 5.92. The maximum absolute atomic E-state index is 5.92. The average Bonchev–Trinajstić information content (AvgIpc) is 2.66. The highest BCUT2D eigenvalue weighted by Gasteiger charge is 2.06. The minimum absolute atomic E-state index is 0.569. The van der Waals surface area contributed by atoms with Gasteiger partial charge in [0.1, 0.15) is 11.4 Å². The lowest BCUT2D eigenvalue weighted by atomic mass is 10.3. The summed E-state index contributed by atoms with van der Waals surface area (Å²) in [4.78, 5) is 1.04. The van der Waals surface area contributed by atoms with Gasteiger partial charge in [0, 0.05) is 10.6 Å². The molecule has 0 unspecified atom stereocenters. The molecule has 0 amide bonds. The fourth-order valence-corrected chi connectivity index (χ4v) is 2.31. The van der Waals surface area contributed by atoms with Crippen LogP contribution in [0.15, 0.2) is 27.7 Å². The first kappa shape index (κ1) is 11.3. The second-order valence-corrected chi connectivity index (χ2v) is 4.72. The molecule has 1 heterocycles. The molecule has 0 atom stereocenters. The minimum atomic E-state index is 0.569. The van der Waals surface area contributed by atoms with E-state index in [9.17, 15) is 0 Å². The summed E-state index contributed by atoms with van der Waals surface area (Å²) in [5.74, 6) is 0.704. The largest absolute Gasteiger partial charge is 0.398 e. The van der Waals surface area contributed by atoms with E-state index in [1.807, 2.05) is 19.1 Å². The quantitative estimate of drug-likeness (QED) is 0.675. The van der Waals surface area contributed by atoms with Crippen molar-refractivity contribution in [1.29, 1.82) is 0 Å². The molecule has 0 spiro atoms. The van der Waals surface area contributed by atoms with Crippen molar-refractivity contribution in [3.05, 3.63) is 34.6 Å². The molecule has 1 aromatic heterocycles. The third kappa shape index (κ3) is 2.48. The van der Waals surface area contributed by atoms with Crippen LogP contribution in [-0.4, -0.2) is 10.3 Å². The number of aromatic nitrogens is 2. The topological polar surface area (TPSA) is 64.9 Å². The van der Waals surface area contributed by atoms with Crippen LogP contribution >= 0.6 is 23.4 Å². The summed E-state index contributed by atoms with van der Waals surface area (Å²) in [6.07, 6.45) is 0.